The number of nitrogens with one attached hydrogen (secondary N) is 2. The van der Waals surface area contributed by atoms with Gasteiger partial charge in [-0.1, -0.05) is 13.0 Å². The van der Waals surface area contributed by atoms with Crippen molar-refractivity contribution < 1.29 is 5.11 Å². The van der Waals surface area contributed by atoms with Crippen LogP contribution in [0, 0.1) is 5.92 Å². The summed E-state index contributed by atoms with van der Waals surface area (Å²) in [5.74, 6) is 0.234. The summed E-state index contributed by atoms with van der Waals surface area (Å²) >= 11 is 0. The van der Waals surface area contributed by atoms with Gasteiger partial charge in [-0.3, -0.25) is 4.79 Å². The van der Waals surface area contributed by atoms with Gasteiger partial charge >= 0.3 is 0 Å². The summed E-state index contributed by atoms with van der Waals surface area (Å²) in [6, 6.07) is 4.08. The number of aryl methyl sites for hydroxylation is 1. The zero-order valence-electron chi connectivity index (χ0n) is 11.1. The molecule has 100 valence electrons. The SMILES string of the molecule is CC(CO)C(C)NC1CCCc2[nH]c(=O)ccc21. The molecule has 1 aliphatic rings. The van der Waals surface area contributed by atoms with Gasteiger partial charge < -0.3 is 15.4 Å². The molecule has 2 rings (SSSR count). The third-order valence-electron chi connectivity index (χ3n) is 3.94. The highest BCUT2D eigenvalue weighted by molar-refractivity contribution is 5.26. The van der Waals surface area contributed by atoms with Crippen LogP contribution in [0.1, 0.15) is 44.0 Å². The smallest absolute Gasteiger partial charge is 0.248 e. The van der Waals surface area contributed by atoms with Crippen LogP contribution < -0.4 is 10.9 Å². The lowest BCUT2D eigenvalue weighted by Gasteiger charge is -2.30. The number of rotatable bonds is 4. The van der Waals surface area contributed by atoms with Crippen molar-refractivity contribution in [2.45, 2.75) is 45.2 Å². The molecule has 0 radical (unpaired) electrons. The van der Waals surface area contributed by atoms with Crippen molar-refractivity contribution in [1.29, 1.82) is 0 Å². The first-order valence-corrected chi connectivity index (χ1v) is 6.71. The third-order valence-corrected chi connectivity index (χ3v) is 3.94. The molecule has 4 nitrogen and oxygen atoms in total. The van der Waals surface area contributed by atoms with E-state index in [1.54, 1.807) is 6.07 Å². The van der Waals surface area contributed by atoms with Crippen LogP contribution in [0.4, 0.5) is 0 Å². The van der Waals surface area contributed by atoms with Crippen LogP contribution in [0.3, 0.4) is 0 Å². The van der Waals surface area contributed by atoms with Crippen molar-refractivity contribution in [3.63, 3.8) is 0 Å². The van der Waals surface area contributed by atoms with E-state index >= 15 is 0 Å². The van der Waals surface area contributed by atoms with Gasteiger partial charge in [0.15, 0.2) is 0 Å². The molecular weight excluding hydrogens is 228 g/mol. The average Bonchev–Trinajstić information content (AvgIpc) is 2.37. The topological polar surface area (TPSA) is 65.1 Å². The molecule has 3 atom stereocenters. The molecule has 1 aromatic heterocycles. The van der Waals surface area contributed by atoms with Gasteiger partial charge in [0.1, 0.15) is 0 Å². The van der Waals surface area contributed by atoms with E-state index in [0.29, 0.717) is 0 Å². The molecule has 0 fully saturated rings. The van der Waals surface area contributed by atoms with Crippen LogP contribution in [-0.2, 0) is 6.42 Å². The highest BCUT2D eigenvalue weighted by Crippen LogP contribution is 2.28. The molecule has 0 saturated carbocycles. The van der Waals surface area contributed by atoms with Crippen molar-refractivity contribution in [3.8, 4) is 0 Å². The third kappa shape index (κ3) is 2.82. The zero-order chi connectivity index (χ0) is 13.1. The molecule has 1 aliphatic carbocycles. The van der Waals surface area contributed by atoms with Gasteiger partial charge in [0, 0.05) is 30.5 Å². The van der Waals surface area contributed by atoms with Crippen molar-refractivity contribution in [3.05, 3.63) is 33.7 Å². The fourth-order valence-electron chi connectivity index (χ4n) is 2.51. The first kappa shape index (κ1) is 13.3. The Labute approximate surface area is 107 Å². The molecular formula is C14H22N2O2. The molecule has 0 aromatic carbocycles. The van der Waals surface area contributed by atoms with E-state index in [4.69, 9.17) is 0 Å². The second-order valence-electron chi connectivity index (χ2n) is 5.32. The van der Waals surface area contributed by atoms with Gasteiger partial charge in [-0.05, 0) is 37.7 Å². The molecule has 18 heavy (non-hydrogen) atoms. The Morgan fingerprint density at radius 2 is 2.28 bits per heavy atom. The minimum Gasteiger partial charge on any atom is -0.396 e. The lowest BCUT2D eigenvalue weighted by molar-refractivity contribution is 0.198. The second-order valence-corrected chi connectivity index (χ2v) is 5.32. The maximum absolute atomic E-state index is 11.3. The zero-order valence-corrected chi connectivity index (χ0v) is 11.1. The predicted molar refractivity (Wildman–Crippen MR) is 71.6 cm³/mol. The standard InChI is InChI=1S/C14H22N2O2/c1-9(8-17)10(2)15-12-4-3-5-13-11(12)6-7-14(18)16-13/h6-7,9-10,12,15,17H,3-5,8H2,1-2H3,(H,16,18). The number of fused-ring (bicyclic) bond motifs is 1. The van der Waals surface area contributed by atoms with E-state index in [9.17, 15) is 9.90 Å². The Balaban J connectivity index is 2.15. The number of aromatic nitrogens is 1. The molecule has 3 N–H and O–H groups in total. The summed E-state index contributed by atoms with van der Waals surface area (Å²) in [4.78, 5) is 14.2. The Kier molecular flexibility index (Phi) is 4.19. The summed E-state index contributed by atoms with van der Waals surface area (Å²) in [6.07, 6.45) is 3.12. The highest BCUT2D eigenvalue weighted by Gasteiger charge is 2.23. The largest absolute Gasteiger partial charge is 0.396 e. The molecule has 0 saturated heterocycles. The molecule has 4 heteroatoms. The maximum Gasteiger partial charge on any atom is 0.248 e. The van der Waals surface area contributed by atoms with Crippen LogP contribution in [-0.4, -0.2) is 22.7 Å². The Hall–Kier alpha value is -1.13. The fourth-order valence-corrected chi connectivity index (χ4v) is 2.51. The second kappa shape index (κ2) is 5.67. The quantitative estimate of drug-likeness (QED) is 0.756. The number of aromatic amines is 1. The van der Waals surface area contributed by atoms with Crippen molar-refractivity contribution in [1.82, 2.24) is 10.3 Å². The van der Waals surface area contributed by atoms with Crippen LogP contribution in [0.25, 0.3) is 0 Å². The highest BCUT2D eigenvalue weighted by atomic mass is 16.3. The number of hydrogen-bond acceptors (Lipinski definition) is 3. The van der Waals surface area contributed by atoms with E-state index in [1.165, 1.54) is 5.56 Å². The molecule has 0 aliphatic heterocycles. The van der Waals surface area contributed by atoms with Crippen molar-refractivity contribution in [2.24, 2.45) is 5.92 Å². The molecule has 0 bridgehead atoms. The summed E-state index contributed by atoms with van der Waals surface area (Å²) in [7, 11) is 0. The number of aliphatic hydroxyl groups is 1. The number of hydrogen-bond donors (Lipinski definition) is 3. The van der Waals surface area contributed by atoms with E-state index in [0.717, 1.165) is 25.0 Å². The number of H-pyrrole nitrogens is 1. The van der Waals surface area contributed by atoms with Gasteiger partial charge in [0.25, 0.3) is 0 Å². The Morgan fingerprint density at radius 1 is 1.50 bits per heavy atom. The van der Waals surface area contributed by atoms with Crippen molar-refractivity contribution >= 4 is 0 Å². The van der Waals surface area contributed by atoms with E-state index < -0.39 is 0 Å². The monoisotopic (exact) mass is 250 g/mol. The molecule has 0 amide bonds. The normalized spacial score (nSPS) is 22.3. The van der Waals surface area contributed by atoms with E-state index in [2.05, 4.69) is 17.2 Å². The first-order chi connectivity index (χ1) is 8.61. The van der Waals surface area contributed by atoms with Crippen LogP contribution >= 0.6 is 0 Å². The average molecular weight is 250 g/mol. The predicted octanol–water partition coefficient (Wildman–Crippen LogP) is 1.36. The molecule has 3 unspecified atom stereocenters. The fraction of sp³-hybridized carbons (Fsp3) is 0.643. The molecule has 1 heterocycles. The van der Waals surface area contributed by atoms with E-state index in [-0.39, 0.29) is 30.2 Å². The van der Waals surface area contributed by atoms with Crippen LogP contribution in [0.15, 0.2) is 16.9 Å². The Bertz CT molecular complexity index is 455. The van der Waals surface area contributed by atoms with Gasteiger partial charge in [-0.2, -0.15) is 0 Å². The van der Waals surface area contributed by atoms with Crippen LogP contribution in [0.2, 0.25) is 0 Å². The lowest BCUT2D eigenvalue weighted by Crippen LogP contribution is -2.38. The first-order valence-electron chi connectivity index (χ1n) is 6.71. The summed E-state index contributed by atoms with van der Waals surface area (Å²) < 4.78 is 0. The van der Waals surface area contributed by atoms with Gasteiger partial charge in [-0.15, -0.1) is 0 Å². The van der Waals surface area contributed by atoms with Gasteiger partial charge in [0.05, 0.1) is 0 Å². The van der Waals surface area contributed by atoms with Gasteiger partial charge in [-0.25, -0.2) is 0 Å². The lowest BCUT2D eigenvalue weighted by atomic mass is 9.90. The van der Waals surface area contributed by atoms with Gasteiger partial charge in [0.2, 0.25) is 5.56 Å². The van der Waals surface area contributed by atoms with Crippen molar-refractivity contribution in [2.75, 3.05) is 6.61 Å². The Morgan fingerprint density at radius 3 is 3.00 bits per heavy atom. The molecule has 0 spiro atoms. The maximum atomic E-state index is 11.3. The minimum absolute atomic E-state index is 0.0221. The summed E-state index contributed by atoms with van der Waals surface area (Å²) in [6.45, 7) is 4.33. The van der Waals surface area contributed by atoms with E-state index in [1.807, 2.05) is 13.0 Å². The minimum atomic E-state index is -0.0221. The number of aliphatic hydroxyl groups excluding tert-OH is 1. The number of pyridine rings is 1. The molecule has 1 aromatic rings. The summed E-state index contributed by atoms with van der Waals surface area (Å²) in [5.41, 5.74) is 2.25. The van der Waals surface area contributed by atoms with Crippen LogP contribution in [0.5, 0.6) is 0 Å². The summed E-state index contributed by atoms with van der Waals surface area (Å²) in [5, 5.41) is 12.7.